The van der Waals surface area contributed by atoms with Crippen LogP contribution in [0, 0.1) is 0 Å². The molecule has 3 aromatic rings. The molecule has 31 heavy (non-hydrogen) atoms. The Labute approximate surface area is 183 Å². The number of nitrogens with zero attached hydrogens (tertiary/aromatic N) is 2. The van der Waals surface area contributed by atoms with E-state index >= 15 is 4.57 Å². The van der Waals surface area contributed by atoms with Gasteiger partial charge in [-0.15, -0.1) is 0 Å². The van der Waals surface area contributed by atoms with Crippen molar-refractivity contribution in [2.24, 2.45) is 0 Å². The van der Waals surface area contributed by atoms with Gasteiger partial charge in [0, 0.05) is 30.9 Å². The summed E-state index contributed by atoms with van der Waals surface area (Å²) in [4.78, 5) is 11.8. The molecule has 6 heteroatoms. The van der Waals surface area contributed by atoms with Gasteiger partial charge in [0.2, 0.25) is 0 Å². The highest BCUT2D eigenvalue weighted by molar-refractivity contribution is 7.67. The molecule has 160 valence electrons. The number of carbonyl (C=O) groups excluding carboxylic acids is 1. The van der Waals surface area contributed by atoms with Crippen LogP contribution < -0.4 is 14.1 Å². The van der Waals surface area contributed by atoms with E-state index in [1.165, 1.54) is 0 Å². The van der Waals surface area contributed by atoms with Crippen molar-refractivity contribution in [3.63, 3.8) is 0 Å². The predicted molar refractivity (Wildman–Crippen MR) is 126 cm³/mol. The molecular weight excluding hydrogens is 407 g/mol. The molecule has 0 bridgehead atoms. The number of rotatable bonds is 7. The molecule has 5 nitrogen and oxygen atoms in total. The van der Waals surface area contributed by atoms with Gasteiger partial charge in [0.15, 0.2) is 0 Å². The molecule has 0 N–H and O–H groups in total. The standard InChI is InChI=1S/C25H27N2O3P/c1-30-24-15-13-21(14-16-24)25(17-20-28)31(29)26(22-9-4-2-5-10-22)18-8-19-27(31)23-11-6-3-7-12-23/h2-7,9-16,20,25H,8,17-19H2,1H3. The van der Waals surface area contributed by atoms with Gasteiger partial charge in [-0.2, -0.15) is 0 Å². The number of ether oxygens (including phenoxy) is 1. The van der Waals surface area contributed by atoms with Crippen LogP contribution in [0.2, 0.25) is 0 Å². The minimum atomic E-state index is -3.26. The third-order valence-electron chi connectivity index (χ3n) is 5.77. The number of hydrogen-bond acceptors (Lipinski definition) is 3. The number of carbonyl (C=O) groups is 1. The van der Waals surface area contributed by atoms with Crippen LogP contribution in [-0.2, 0) is 9.36 Å². The van der Waals surface area contributed by atoms with Crippen LogP contribution in [0.4, 0.5) is 11.4 Å². The zero-order valence-electron chi connectivity index (χ0n) is 17.6. The summed E-state index contributed by atoms with van der Waals surface area (Å²) in [6.07, 6.45) is 1.94. The Hall–Kier alpha value is -3.04. The Morgan fingerprint density at radius 2 is 1.39 bits per heavy atom. The molecule has 1 aliphatic rings. The van der Waals surface area contributed by atoms with E-state index in [4.69, 9.17) is 4.74 Å². The van der Waals surface area contributed by atoms with E-state index < -0.39 is 13.1 Å². The Morgan fingerprint density at radius 1 is 0.871 bits per heavy atom. The molecule has 0 saturated carbocycles. The molecule has 0 amide bonds. The van der Waals surface area contributed by atoms with Crippen LogP contribution >= 0.6 is 7.44 Å². The molecule has 1 unspecified atom stereocenters. The maximum Gasteiger partial charge on any atom is 0.270 e. The van der Waals surface area contributed by atoms with E-state index in [0.29, 0.717) is 13.1 Å². The molecule has 4 rings (SSSR count). The highest BCUT2D eigenvalue weighted by Gasteiger charge is 2.47. The van der Waals surface area contributed by atoms with E-state index in [-0.39, 0.29) is 6.42 Å². The zero-order valence-corrected chi connectivity index (χ0v) is 18.5. The number of para-hydroxylation sites is 2. The number of hydrogen-bond donors (Lipinski definition) is 0. The summed E-state index contributed by atoms with van der Waals surface area (Å²) in [7, 11) is -1.63. The Balaban J connectivity index is 1.88. The summed E-state index contributed by atoms with van der Waals surface area (Å²) in [5, 5.41) is 0. The molecule has 1 fully saturated rings. The summed E-state index contributed by atoms with van der Waals surface area (Å²) < 4.78 is 24.6. The highest BCUT2D eigenvalue weighted by atomic mass is 31.2. The molecule has 1 atom stereocenters. The van der Waals surface area contributed by atoms with Gasteiger partial charge in [-0.25, -0.2) is 0 Å². The average Bonchev–Trinajstić information content (AvgIpc) is 2.84. The highest BCUT2D eigenvalue weighted by Crippen LogP contribution is 2.68. The Kier molecular flexibility index (Phi) is 6.43. The first-order valence-electron chi connectivity index (χ1n) is 10.5. The van der Waals surface area contributed by atoms with Crippen molar-refractivity contribution < 1.29 is 14.1 Å². The first-order chi connectivity index (χ1) is 15.2. The smallest absolute Gasteiger partial charge is 0.270 e. The fourth-order valence-electron chi connectivity index (χ4n) is 4.30. The Bertz CT molecular complexity index is 990. The maximum absolute atomic E-state index is 15.2. The molecule has 1 saturated heterocycles. The van der Waals surface area contributed by atoms with Gasteiger partial charge in [0.05, 0.1) is 12.8 Å². The second kappa shape index (κ2) is 9.40. The largest absolute Gasteiger partial charge is 0.497 e. The van der Waals surface area contributed by atoms with Crippen LogP contribution in [0.5, 0.6) is 5.75 Å². The third kappa shape index (κ3) is 4.11. The molecule has 3 aromatic carbocycles. The molecular formula is C25H27N2O3P. The van der Waals surface area contributed by atoms with Gasteiger partial charge < -0.3 is 18.9 Å². The second-order valence-electron chi connectivity index (χ2n) is 7.55. The van der Waals surface area contributed by atoms with E-state index in [0.717, 1.165) is 35.4 Å². The lowest BCUT2D eigenvalue weighted by molar-refractivity contribution is -0.107. The van der Waals surface area contributed by atoms with Gasteiger partial charge in [0.25, 0.3) is 7.44 Å². The quantitative estimate of drug-likeness (QED) is 0.340. The van der Waals surface area contributed by atoms with Crippen LogP contribution in [0.3, 0.4) is 0 Å². The SMILES string of the molecule is COc1ccc(C(CC=O)P2(=O)N(c3ccccc3)CCCN2c2ccccc2)cc1. The fourth-order valence-corrected chi connectivity index (χ4v) is 7.94. The summed E-state index contributed by atoms with van der Waals surface area (Å²) in [6, 6.07) is 27.3. The fraction of sp³-hybridized carbons (Fsp3) is 0.240. The number of methoxy groups -OCH3 is 1. The van der Waals surface area contributed by atoms with Gasteiger partial charge in [0.1, 0.15) is 12.0 Å². The number of aldehydes is 1. The Morgan fingerprint density at radius 3 is 1.84 bits per heavy atom. The zero-order chi connectivity index (χ0) is 21.7. The summed E-state index contributed by atoms with van der Waals surface area (Å²) in [5.41, 5.74) is 2.24. The maximum atomic E-state index is 15.2. The van der Waals surface area contributed by atoms with Crippen molar-refractivity contribution in [3.8, 4) is 5.75 Å². The van der Waals surface area contributed by atoms with Gasteiger partial charge in [-0.1, -0.05) is 48.5 Å². The summed E-state index contributed by atoms with van der Waals surface area (Å²) >= 11 is 0. The number of anilines is 2. The number of benzene rings is 3. The van der Waals surface area contributed by atoms with Crippen LogP contribution in [-0.4, -0.2) is 26.5 Å². The molecule has 1 aliphatic heterocycles. The average molecular weight is 434 g/mol. The molecule has 0 spiro atoms. The molecule has 0 radical (unpaired) electrons. The lowest BCUT2D eigenvalue weighted by Crippen LogP contribution is -2.41. The minimum Gasteiger partial charge on any atom is -0.497 e. The summed E-state index contributed by atoms with van der Waals surface area (Å²) in [6.45, 7) is 1.35. The van der Waals surface area contributed by atoms with E-state index in [2.05, 4.69) is 0 Å². The van der Waals surface area contributed by atoms with E-state index in [9.17, 15) is 4.79 Å². The van der Waals surface area contributed by atoms with Crippen LogP contribution in [0.1, 0.15) is 24.1 Å². The lowest BCUT2D eigenvalue weighted by Gasteiger charge is -2.48. The first-order valence-corrected chi connectivity index (χ1v) is 12.2. The summed E-state index contributed by atoms with van der Waals surface area (Å²) in [5.74, 6) is 0.732. The predicted octanol–water partition coefficient (Wildman–Crippen LogP) is 5.94. The molecule has 1 heterocycles. The van der Waals surface area contributed by atoms with Crippen molar-refractivity contribution in [2.45, 2.75) is 18.5 Å². The topological polar surface area (TPSA) is 49.9 Å². The van der Waals surface area contributed by atoms with Crippen LogP contribution in [0.15, 0.2) is 84.9 Å². The van der Waals surface area contributed by atoms with Crippen molar-refractivity contribution in [2.75, 3.05) is 29.5 Å². The monoisotopic (exact) mass is 434 g/mol. The molecule has 0 aromatic heterocycles. The lowest BCUT2D eigenvalue weighted by atomic mass is 10.1. The van der Waals surface area contributed by atoms with Crippen molar-refractivity contribution in [1.29, 1.82) is 0 Å². The van der Waals surface area contributed by atoms with Crippen LogP contribution in [0.25, 0.3) is 0 Å². The van der Waals surface area contributed by atoms with E-state index in [1.54, 1.807) is 7.11 Å². The normalized spacial score (nSPS) is 16.5. The minimum absolute atomic E-state index is 0.177. The van der Waals surface area contributed by atoms with E-state index in [1.807, 2.05) is 94.3 Å². The van der Waals surface area contributed by atoms with Gasteiger partial charge >= 0.3 is 0 Å². The van der Waals surface area contributed by atoms with Crippen molar-refractivity contribution in [3.05, 3.63) is 90.5 Å². The van der Waals surface area contributed by atoms with Gasteiger partial charge in [-0.05, 0) is 48.4 Å². The third-order valence-corrected chi connectivity index (χ3v) is 9.33. The first kappa shape index (κ1) is 21.2. The second-order valence-corrected chi connectivity index (χ2v) is 10.3. The molecule has 0 aliphatic carbocycles. The van der Waals surface area contributed by atoms with Crippen molar-refractivity contribution in [1.82, 2.24) is 0 Å². The van der Waals surface area contributed by atoms with Crippen molar-refractivity contribution >= 4 is 25.1 Å². The van der Waals surface area contributed by atoms with Gasteiger partial charge in [-0.3, -0.25) is 4.57 Å².